The topological polar surface area (TPSA) is 60.0 Å². The van der Waals surface area contributed by atoms with Gasteiger partial charge < -0.3 is 19.5 Å². The molecule has 0 spiro atoms. The van der Waals surface area contributed by atoms with Crippen LogP contribution in [-0.2, 0) is 16.0 Å². The van der Waals surface area contributed by atoms with Gasteiger partial charge in [-0.05, 0) is 41.8 Å². The van der Waals surface area contributed by atoms with Crippen molar-refractivity contribution in [2.45, 2.75) is 18.9 Å². The van der Waals surface area contributed by atoms with Crippen LogP contribution in [0.25, 0.3) is 0 Å². The summed E-state index contributed by atoms with van der Waals surface area (Å²) in [4.78, 5) is 14.8. The number of methoxy groups -OCH3 is 2. The van der Waals surface area contributed by atoms with Crippen LogP contribution >= 0.6 is 11.6 Å². The lowest BCUT2D eigenvalue weighted by molar-refractivity contribution is -0.121. The molecule has 1 atom stereocenters. The molecule has 0 aromatic heterocycles. The molecule has 1 heterocycles. The van der Waals surface area contributed by atoms with E-state index in [2.05, 4.69) is 10.2 Å². The Hall–Kier alpha value is -2.28. The molecule has 1 N–H and O–H groups in total. The molecule has 1 aliphatic heterocycles. The van der Waals surface area contributed by atoms with E-state index >= 15 is 0 Å². The zero-order chi connectivity index (χ0) is 21.3. The van der Waals surface area contributed by atoms with Gasteiger partial charge in [-0.15, -0.1) is 0 Å². The van der Waals surface area contributed by atoms with E-state index in [-0.39, 0.29) is 11.9 Å². The summed E-state index contributed by atoms with van der Waals surface area (Å²) >= 11 is 5.92. The lowest BCUT2D eigenvalue weighted by Crippen LogP contribution is -2.43. The third kappa shape index (κ3) is 6.11. The Bertz CT molecular complexity index is 822. The van der Waals surface area contributed by atoms with Crippen molar-refractivity contribution in [3.8, 4) is 11.5 Å². The monoisotopic (exact) mass is 432 g/mol. The average molecular weight is 433 g/mol. The Balaban J connectivity index is 1.65. The molecule has 2 aromatic carbocycles. The molecular formula is C23H29ClN2O4. The molecule has 6 nitrogen and oxygen atoms in total. The molecule has 1 aliphatic rings. The zero-order valence-electron chi connectivity index (χ0n) is 17.5. The van der Waals surface area contributed by atoms with E-state index in [4.69, 9.17) is 25.8 Å². The summed E-state index contributed by atoms with van der Waals surface area (Å²) in [6.45, 7) is 3.54. The van der Waals surface area contributed by atoms with E-state index < -0.39 is 0 Å². The predicted octanol–water partition coefficient (Wildman–Crippen LogP) is 3.48. The van der Waals surface area contributed by atoms with Crippen molar-refractivity contribution >= 4 is 17.5 Å². The molecule has 0 radical (unpaired) electrons. The number of nitrogens with one attached hydrogen (secondary N) is 1. The molecule has 1 saturated heterocycles. The van der Waals surface area contributed by atoms with Crippen molar-refractivity contribution in [3.63, 3.8) is 0 Å². The standard InChI is InChI=1S/C23H29ClN2O4/c1-28-21-9-6-18(15-22(21)29-2)20(26-11-13-30-14-12-26)16-25-23(27)10-5-17-3-7-19(24)8-4-17/h3-4,6-9,15,20H,5,10-14,16H2,1-2H3,(H,25,27). The fourth-order valence-corrected chi connectivity index (χ4v) is 3.74. The number of aryl methyl sites for hydroxylation is 1. The molecule has 3 rings (SSSR count). The minimum Gasteiger partial charge on any atom is -0.493 e. The highest BCUT2D eigenvalue weighted by molar-refractivity contribution is 6.30. The van der Waals surface area contributed by atoms with Gasteiger partial charge in [-0.2, -0.15) is 0 Å². The molecule has 2 aromatic rings. The van der Waals surface area contributed by atoms with Crippen molar-refractivity contribution < 1.29 is 19.0 Å². The Morgan fingerprint density at radius 3 is 2.47 bits per heavy atom. The van der Waals surface area contributed by atoms with Gasteiger partial charge in [-0.25, -0.2) is 0 Å². The fourth-order valence-electron chi connectivity index (χ4n) is 3.61. The molecular weight excluding hydrogens is 404 g/mol. The number of nitrogens with zero attached hydrogens (tertiary/aromatic N) is 1. The number of amides is 1. The van der Waals surface area contributed by atoms with Crippen LogP contribution in [0.4, 0.5) is 0 Å². The third-order valence-corrected chi connectivity index (χ3v) is 5.58. The van der Waals surface area contributed by atoms with E-state index in [9.17, 15) is 4.79 Å². The lowest BCUT2D eigenvalue weighted by atomic mass is 10.0. The Kier molecular flexibility index (Phi) is 8.37. The highest BCUT2D eigenvalue weighted by Crippen LogP contribution is 2.32. The lowest BCUT2D eigenvalue weighted by Gasteiger charge is -2.35. The van der Waals surface area contributed by atoms with Gasteiger partial charge in [0.1, 0.15) is 0 Å². The highest BCUT2D eigenvalue weighted by atomic mass is 35.5. The number of ether oxygens (including phenoxy) is 3. The Labute approximate surface area is 183 Å². The van der Waals surface area contributed by atoms with E-state index in [1.807, 2.05) is 42.5 Å². The van der Waals surface area contributed by atoms with Crippen LogP contribution in [0.1, 0.15) is 23.6 Å². The van der Waals surface area contributed by atoms with Crippen molar-refractivity contribution in [2.75, 3.05) is 47.1 Å². The van der Waals surface area contributed by atoms with Crippen LogP contribution in [0, 0.1) is 0 Å². The minimum atomic E-state index is 0.0312. The summed E-state index contributed by atoms with van der Waals surface area (Å²) in [6, 6.07) is 13.6. The normalized spacial score (nSPS) is 15.4. The molecule has 1 fully saturated rings. The Morgan fingerprint density at radius 2 is 1.80 bits per heavy atom. The van der Waals surface area contributed by atoms with Gasteiger partial charge >= 0.3 is 0 Å². The SMILES string of the molecule is COc1ccc(C(CNC(=O)CCc2ccc(Cl)cc2)N2CCOCC2)cc1OC. The highest BCUT2D eigenvalue weighted by Gasteiger charge is 2.24. The van der Waals surface area contributed by atoms with Crippen LogP contribution in [0.3, 0.4) is 0 Å². The van der Waals surface area contributed by atoms with Gasteiger partial charge in [0.15, 0.2) is 11.5 Å². The van der Waals surface area contributed by atoms with Crippen LogP contribution in [-0.4, -0.2) is 57.9 Å². The van der Waals surface area contributed by atoms with Gasteiger partial charge in [-0.3, -0.25) is 9.69 Å². The fraction of sp³-hybridized carbons (Fsp3) is 0.435. The first kappa shape index (κ1) is 22.4. The summed E-state index contributed by atoms with van der Waals surface area (Å²) in [5, 5.41) is 3.81. The van der Waals surface area contributed by atoms with E-state index in [1.54, 1.807) is 14.2 Å². The number of morpholine rings is 1. The summed E-state index contributed by atoms with van der Waals surface area (Å²) < 4.78 is 16.3. The summed E-state index contributed by atoms with van der Waals surface area (Å²) in [5.74, 6) is 1.40. The largest absolute Gasteiger partial charge is 0.493 e. The maximum Gasteiger partial charge on any atom is 0.220 e. The maximum absolute atomic E-state index is 12.5. The number of halogens is 1. The van der Waals surface area contributed by atoms with Crippen molar-refractivity contribution in [1.29, 1.82) is 0 Å². The second-order valence-electron chi connectivity index (χ2n) is 7.21. The first-order valence-corrected chi connectivity index (χ1v) is 10.5. The number of carbonyl (C=O) groups excluding carboxylic acids is 1. The smallest absolute Gasteiger partial charge is 0.220 e. The van der Waals surface area contributed by atoms with Gasteiger partial charge in [-0.1, -0.05) is 29.8 Å². The van der Waals surface area contributed by atoms with Crippen LogP contribution in [0.5, 0.6) is 11.5 Å². The molecule has 0 aliphatic carbocycles. The first-order chi connectivity index (χ1) is 14.6. The summed E-state index contributed by atoms with van der Waals surface area (Å²) in [5.41, 5.74) is 2.17. The number of rotatable bonds is 9. The van der Waals surface area contributed by atoms with Crippen LogP contribution < -0.4 is 14.8 Å². The molecule has 30 heavy (non-hydrogen) atoms. The van der Waals surface area contributed by atoms with E-state index in [0.717, 1.165) is 24.2 Å². The molecule has 0 bridgehead atoms. The molecule has 1 unspecified atom stereocenters. The van der Waals surface area contributed by atoms with Gasteiger partial charge in [0.25, 0.3) is 0 Å². The quantitative estimate of drug-likeness (QED) is 0.657. The second-order valence-corrected chi connectivity index (χ2v) is 7.65. The van der Waals surface area contributed by atoms with E-state index in [0.29, 0.717) is 49.1 Å². The van der Waals surface area contributed by atoms with Gasteiger partial charge in [0.2, 0.25) is 5.91 Å². The van der Waals surface area contributed by atoms with Gasteiger partial charge in [0.05, 0.1) is 33.5 Å². The van der Waals surface area contributed by atoms with Crippen LogP contribution in [0.15, 0.2) is 42.5 Å². The Morgan fingerprint density at radius 1 is 1.10 bits per heavy atom. The number of hydrogen-bond donors (Lipinski definition) is 1. The van der Waals surface area contributed by atoms with Crippen molar-refractivity contribution in [2.24, 2.45) is 0 Å². The van der Waals surface area contributed by atoms with Crippen molar-refractivity contribution in [1.82, 2.24) is 10.2 Å². The first-order valence-electron chi connectivity index (χ1n) is 10.2. The molecule has 1 amide bonds. The summed E-state index contributed by atoms with van der Waals surface area (Å²) in [6.07, 6.45) is 1.12. The average Bonchev–Trinajstić information content (AvgIpc) is 2.79. The third-order valence-electron chi connectivity index (χ3n) is 5.33. The van der Waals surface area contributed by atoms with Crippen molar-refractivity contribution in [3.05, 3.63) is 58.6 Å². The second kappa shape index (κ2) is 11.2. The summed E-state index contributed by atoms with van der Waals surface area (Å²) in [7, 11) is 3.25. The van der Waals surface area contributed by atoms with Crippen LogP contribution in [0.2, 0.25) is 5.02 Å². The number of hydrogen-bond acceptors (Lipinski definition) is 5. The molecule has 162 valence electrons. The molecule has 7 heteroatoms. The maximum atomic E-state index is 12.5. The number of benzene rings is 2. The minimum absolute atomic E-state index is 0.0312. The number of carbonyl (C=O) groups is 1. The zero-order valence-corrected chi connectivity index (χ0v) is 18.3. The predicted molar refractivity (Wildman–Crippen MR) is 117 cm³/mol. The van der Waals surface area contributed by atoms with E-state index in [1.165, 1.54) is 0 Å². The molecule has 0 saturated carbocycles. The van der Waals surface area contributed by atoms with Gasteiger partial charge in [0, 0.05) is 31.1 Å².